The number of piperazine rings is 1. The third kappa shape index (κ3) is 3.72. The Morgan fingerprint density at radius 1 is 1.00 bits per heavy atom. The molecule has 5 nitrogen and oxygen atoms in total. The Morgan fingerprint density at radius 2 is 1.68 bits per heavy atom. The van der Waals surface area contributed by atoms with Crippen molar-refractivity contribution in [3.05, 3.63) is 64.7 Å². The molecule has 6 heteroatoms. The Bertz CT molecular complexity index is 879. The van der Waals surface area contributed by atoms with Gasteiger partial charge >= 0.3 is 0 Å². The molecule has 2 amide bonds. The van der Waals surface area contributed by atoms with Crippen LogP contribution in [0.15, 0.2) is 48.5 Å². The SMILES string of the molecule is COc1ccc(Cl)cc1C(=O)N1CCN(C(=O)[C@H]2C[C@H]2c2ccccc2)CC1. The summed E-state index contributed by atoms with van der Waals surface area (Å²) in [5.74, 6) is 1.03. The molecule has 1 aliphatic heterocycles. The average Bonchev–Trinajstić information content (AvgIpc) is 3.54. The second-order valence-electron chi connectivity index (χ2n) is 7.32. The van der Waals surface area contributed by atoms with Crippen molar-refractivity contribution in [2.45, 2.75) is 12.3 Å². The molecule has 2 aromatic carbocycles. The van der Waals surface area contributed by atoms with Crippen LogP contribution < -0.4 is 4.74 Å². The van der Waals surface area contributed by atoms with E-state index in [0.29, 0.717) is 48.4 Å². The minimum Gasteiger partial charge on any atom is -0.496 e. The van der Waals surface area contributed by atoms with Gasteiger partial charge < -0.3 is 14.5 Å². The van der Waals surface area contributed by atoms with Gasteiger partial charge in [0, 0.05) is 37.1 Å². The first kappa shape index (κ1) is 18.8. The van der Waals surface area contributed by atoms with E-state index < -0.39 is 0 Å². The van der Waals surface area contributed by atoms with Crippen LogP contribution in [0.2, 0.25) is 5.02 Å². The minimum absolute atomic E-state index is 0.0812. The number of amides is 2. The minimum atomic E-state index is -0.111. The number of benzene rings is 2. The first-order valence-corrected chi connectivity index (χ1v) is 9.93. The number of carbonyl (C=O) groups excluding carboxylic acids is 2. The van der Waals surface area contributed by atoms with Crippen LogP contribution in [-0.2, 0) is 4.79 Å². The van der Waals surface area contributed by atoms with Crippen LogP contribution in [0.1, 0.15) is 28.3 Å². The molecule has 2 fully saturated rings. The van der Waals surface area contributed by atoms with Gasteiger partial charge in [0.25, 0.3) is 5.91 Å². The van der Waals surface area contributed by atoms with Gasteiger partial charge in [-0.25, -0.2) is 0 Å². The number of rotatable bonds is 4. The van der Waals surface area contributed by atoms with Gasteiger partial charge in [-0.2, -0.15) is 0 Å². The highest BCUT2D eigenvalue weighted by atomic mass is 35.5. The van der Waals surface area contributed by atoms with Gasteiger partial charge in [-0.3, -0.25) is 9.59 Å². The zero-order valence-corrected chi connectivity index (χ0v) is 16.6. The molecule has 2 aromatic rings. The number of methoxy groups -OCH3 is 1. The topological polar surface area (TPSA) is 49.9 Å². The van der Waals surface area contributed by atoms with Crippen molar-refractivity contribution in [1.82, 2.24) is 9.80 Å². The number of carbonyl (C=O) groups is 2. The molecule has 0 aromatic heterocycles. The maximum absolute atomic E-state index is 12.9. The van der Waals surface area contributed by atoms with Gasteiger partial charge in [-0.05, 0) is 36.1 Å². The fraction of sp³-hybridized carbons (Fsp3) is 0.364. The summed E-state index contributed by atoms with van der Waals surface area (Å²) in [6.07, 6.45) is 0.918. The summed E-state index contributed by atoms with van der Waals surface area (Å²) < 4.78 is 5.29. The van der Waals surface area contributed by atoms with E-state index in [2.05, 4.69) is 12.1 Å². The zero-order valence-electron chi connectivity index (χ0n) is 15.8. The molecule has 0 N–H and O–H groups in total. The lowest BCUT2D eigenvalue weighted by atomic mass is 10.1. The number of halogens is 1. The smallest absolute Gasteiger partial charge is 0.257 e. The van der Waals surface area contributed by atoms with Crippen LogP contribution >= 0.6 is 11.6 Å². The highest BCUT2D eigenvalue weighted by Crippen LogP contribution is 2.48. The monoisotopic (exact) mass is 398 g/mol. The van der Waals surface area contributed by atoms with Crippen molar-refractivity contribution in [2.24, 2.45) is 5.92 Å². The number of hydrogen-bond donors (Lipinski definition) is 0. The first-order valence-electron chi connectivity index (χ1n) is 9.55. The van der Waals surface area contributed by atoms with Crippen LogP contribution in [0, 0.1) is 5.92 Å². The molecule has 2 aliphatic rings. The number of nitrogens with zero attached hydrogens (tertiary/aromatic N) is 2. The Kier molecular flexibility index (Phi) is 5.27. The van der Waals surface area contributed by atoms with Gasteiger partial charge in [0.2, 0.25) is 5.91 Å². The summed E-state index contributed by atoms with van der Waals surface area (Å²) in [7, 11) is 1.54. The van der Waals surface area contributed by atoms with E-state index in [0.717, 1.165) is 6.42 Å². The van der Waals surface area contributed by atoms with Gasteiger partial charge in [0.05, 0.1) is 12.7 Å². The van der Waals surface area contributed by atoms with Crippen molar-refractivity contribution < 1.29 is 14.3 Å². The van der Waals surface area contributed by atoms with Gasteiger partial charge in [-0.1, -0.05) is 41.9 Å². The summed E-state index contributed by atoms with van der Waals surface area (Å²) in [5.41, 5.74) is 1.70. The van der Waals surface area contributed by atoms with Gasteiger partial charge in [-0.15, -0.1) is 0 Å². The maximum atomic E-state index is 12.9. The van der Waals surface area contributed by atoms with Crippen LogP contribution in [0.3, 0.4) is 0 Å². The Balaban J connectivity index is 1.36. The molecule has 1 saturated carbocycles. The molecule has 1 aliphatic carbocycles. The average molecular weight is 399 g/mol. The highest BCUT2D eigenvalue weighted by molar-refractivity contribution is 6.31. The van der Waals surface area contributed by atoms with E-state index in [4.69, 9.17) is 16.3 Å². The molecule has 28 heavy (non-hydrogen) atoms. The van der Waals surface area contributed by atoms with Crippen LogP contribution in [0.25, 0.3) is 0 Å². The summed E-state index contributed by atoms with van der Waals surface area (Å²) in [5, 5.41) is 0.499. The molecule has 1 saturated heterocycles. The standard InChI is InChI=1S/C22H23ClN2O3/c1-28-20-8-7-16(23)13-19(20)22(27)25-11-9-24(10-12-25)21(26)18-14-17(18)15-5-3-2-4-6-15/h2-8,13,17-18H,9-12,14H2,1H3/t17-,18-/m0/s1. The summed E-state index contributed by atoms with van der Waals surface area (Å²) in [4.78, 5) is 29.4. The van der Waals surface area contributed by atoms with E-state index in [-0.39, 0.29) is 17.7 Å². The predicted octanol–water partition coefficient (Wildman–Crippen LogP) is 3.44. The van der Waals surface area contributed by atoms with Gasteiger partial charge in [0.1, 0.15) is 5.75 Å². The second-order valence-corrected chi connectivity index (χ2v) is 7.76. The fourth-order valence-corrected chi connectivity index (χ4v) is 4.09. The first-order chi connectivity index (χ1) is 13.6. The third-order valence-corrected chi connectivity index (χ3v) is 5.84. The molecule has 0 radical (unpaired) electrons. The fourth-order valence-electron chi connectivity index (χ4n) is 3.92. The lowest BCUT2D eigenvalue weighted by Crippen LogP contribution is -2.51. The summed E-state index contributed by atoms with van der Waals surface area (Å²) in [6.45, 7) is 2.16. The van der Waals surface area contributed by atoms with E-state index in [1.165, 1.54) is 12.7 Å². The van der Waals surface area contributed by atoms with Crippen molar-refractivity contribution in [2.75, 3.05) is 33.3 Å². The van der Waals surface area contributed by atoms with Crippen molar-refractivity contribution >= 4 is 23.4 Å². The number of hydrogen-bond acceptors (Lipinski definition) is 3. The van der Waals surface area contributed by atoms with Crippen molar-refractivity contribution in [1.29, 1.82) is 0 Å². The molecule has 1 heterocycles. The van der Waals surface area contributed by atoms with E-state index >= 15 is 0 Å². The molecule has 4 rings (SSSR count). The van der Waals surface area contributed by atoms with Crippen molar-refractivity contribution in [3.8, 4) is 5.75 Å². The van der Waals surface area contributed by atoms with Crippen LogP contribution in [0.5, 0.6) is 5.75 Å². The van der Waals surface area contributed by atoms with E-state index in [1.54, 1.807) is 23.1 Å². The molecule has 0 bridgehead atoms. The zero-order chi connectivity index (χ0) is 19.7. The predicted molar refractivity (Wildman–Crippen MR) is 108 cm³/mol. The molecule has 0 unspecified atom stereocenters. The lowest BCUT2D eigenvalue weighted by Gasteiger charge is -2.35. The number of ether oxygens (including phenoxy) is 1. The molecule has 2 atom stereocenters. The maximum Gasteiger partial charge on any atom is 0.257 e. The van der Waals surface area contributed by atoms with Gasteiger partial charge in [0.15, 0.2) is 0 Å². The lowest BCUT2D eigenvalue weighted by molar-refractivity contribution is -0.134. The largest absolute Gasteiger partial charge is 0.496 e. The van der Waals surface area contributed by atoms with Crippen molar-refractivity contribution in [3.63, 3.8) is 0 Å². The molecule has 146 valence electrons. The van der Waals surface area contributed by atoms with Crippen LogP contribution in [0.4, 0.5) is 0 Å². The van der Waals surface area contributed by atoms with E-state index in [9.17, 15) is 9.59 Å². The second kappa shape index (κ2) is 7.84. The molecular weight excluding hydrogens is 376 g/mol. The Labute approximate surface area is 169 Å². The normalized spacial score (nSPS) is 21.4. The molecular formula is C22H23ClN2O3. The highest BCUT2D eigenvalue weighted by Gasteiger charge is 2.46. The third-order valence-electron chi connectivity index (χ3n) is 5.61. The summed E-state index contributed by atoms with van der Waals surface area (Å²) >= 11 is 6.05. The Hall–Kier alpha value is -2.53. The van der Waals surface area contributed by atoms with Crippen LogP contribution in [-0.4, -0.2) is 54.9 Å². The quantitative estimate of drug-likeness (QED) is 0.792. The Morgan fingerprint density at radius 3 is 2.36 bits per heavy atom. The summed E-state index contributed by atoms with van der Waals surface area (Å²) in [6, 6.07) is 15.2. The van der Waals surface area contributed by atoms with E-state index in [1.807, 2.05) is 23.1 Å². The molecule has 0 spiro atoms.